The molecular weight excluding hydrogens is 194 g/mol. The summed E-state index contributed by atoms with van der Waals surface area (Å²) in [6, 6.07) is 7.91. The molecule has 72 valence electrons. The second-order valence-corrected chi connectivity index (χ2v) is 3.52. The Kier molecular flexibility index (Phi) is 2.25. The van der Waals surface area contributed by atoms with E-state index in [9.17, 15) is 0 Å². The van der Waals surface area contributed by atoms with Gasteiger partial charge >= 0.3 is 0 Å². The van der Waals surface area contributed by atoms with Crippen LogP contribution in [0.2, 0.25) is 0 Å². The number of thiocarbonyl (C=S) groups is 1. The summed E-state index contributed by atoms with van der Waals surface area (Å²) in [5, 5.41) is 4.05. The molecule has 1 aromatic heterocycles. The van der Waals surface area contributed by atoms with E-state index in [-0.39, 0.29) is 0 Å². The zero-order chi connectivity index (χ0) is 10.1. The first-order valence-electron chi connectivity index (χ1n) is 4.44. The molecule has 0 fully saturated rings. The van der Waals surface area contributed by atoms with Gasteiger partial charge in [-0.2, -0.15) is 0 Å². The summed E-state index contributed by atoms with van der Waals surface area (Å²) in [7, 11) is 1.82. The first-order valence-corrected chi connectivity index (χ1v) is 4.85. The third kappa shape index (κ3) is 1.30. The van der Waals surface area contributed by atoms with Crippen molar-refractivity contribution in [2.24, 2.45) is 0 Å². The summed E-state index contributed by atoms with van der Waals surface area (Å²) in [4.78, 5) is 0.729. The number of para-hydroxylation sites is 1. The summed E-state index contributed by atoms with van der Waals surface area (Å²) >= 11 is 5.22. The molecule has 0 aliphatic rings. The minimum atomic E-state index is 0.729. The van der Waals surface area contributed by atoms with Gasteiger partial charge in [0.25, 0.3) is 0 Å². The number of benzene rings is 1. The van der Waals surface area contributed by atoms with Gasteiger partial charge in [-0.15, -0.1) is 0 Å². The third-order valence-electron chi connectivity index (χ3n) is 2.23. The molecule has 0 bridgehead atoms. The average Bonchev–Trinajstić information content (AvgIpc) is 2.53. The van der Waals surface area contributed by atoms with Crippen molar-refractivity contribution in [1.29, 1.82) is 0 Å². The van der Waals surface area contributed by atoms with Gasteiger partial charge in [0, 0.05) is 12.4 Å². The first-order chi connectivity index (χ1) is 6.74. The van der Waals surface area contributed by atoms with Gasteiger partial charge in [-0.25, -0.2) is 0 Å². The molecule has 0 saturated carbocycles. The number of furan rings is 1. The van der Waals surface area contributed by atoms with Crippen LogP contribution in [0.5, 0.6) is 0 Å². The zero-order valence-corrected chi connectivity index (χ0v) is 8.94. The molecule has 0 unspecified atom stereocenters. The van der Waals surface area contributed by atoms with Crippen LogP contribution in [0.25, 0.3) is 11.0 Å². The van der Waals surface area contributed by atoms with Crippen molar-refractivity contribution in [3.05, 3.63) is 35.6 Å². The highest BCUT2D eigenvalue weighted by Crippen LogP contribution is 2.25. The normalized spacial score (nSPS) is 10.4. The molecule has 1 N–H and O–H groups in total. The summed E-state index contributed by atoms with van der Waals surface area (Å²) in [5.74, 6) is 0.866. The fourth-order valence-corrected chi connectivity index (χ4v) is 1.83. The van der Waals surface area contributed by atoms with Gasteiger partial charge in [-0.05, 0) is 13.0 Å². The van der Waals surface area contributed by atoms with Crippen molar-refractivity contribution in [2.45, 2.75) is 6.92 Å². The Morgan fingerprint density at radius 1 is 1.36 bits per heavy atom. The van der Waals surface area contributed by atoms with Crippen molar-refractivity contribution in [3.63, 3.8) is 0 Å². The predicted molar refractivity (Wildman–Crippen MR) is 61.7 cm³/mol. The molecule has 2 rings (SSSR count). The molecule has 2 nitrogen and oxygen atoms in total. The lowest BCUT2D eigenvalue weighted by molar-refractivity contribution is 0.577. The van der Waals surface area contributed by atoms with Gasteiger partial charge in [-0.3, -0.25) is 0 Å². The Hall–Kier alpha value is -1.35. The highest BCUT2D eigenvalue weighted by atomic mass is 32.1. The number of hydrogen-bond donors (Lipinski definition) is 1. The van der Waals surface area contributed by atoms with Crippen molar-refractivity contribution >= 4 is 28.2 Å². The van der Waals surface area contributed by atoms with Crippen molar-refractivity contribution in [3.8, 4) is 0 Å². The van der Waals surface area contributed by atoms with Gasteiger partial charge in [-0.1, -0.05) is 30.4 Å². The second kappa shape index (κ2) is 3.42. The largest absolute Gasteiger partial charge is 0.461 e. The third-order valence-corrected chi connectivity index (χ3v) is 2.63. The Morgan fingerprint density at radius 2 is 2.07 bits per heavy atom. The molecule has 0 amide bonds. The molecule has 0 radical (unpaired) electrons. The molecule has 14 heavy (non-hydrogen) atoms. The van der Waals surface area contributed by atoms with E-state index in [0.29, 0.717) is 0 Å². The van der Waals surface area contributed by atoms with Crippen LogP contribution in [0.3, 0.4) is 0 Å². The lowest BCUT2D eigenvalue weighted by Crippen LogP contribution is -2.16. The van der Waals surface area contributed by atoms with E-state index in [0.717, 1.165) is 27.3 Å². The summed E-state index contributed by atoms with van der Waals surface area (Å²) < 4.78 is 5.59. The molecule has 0 aliphatic carbocycles. The quantitative estimate of drug-likeness (QED) is 0.724. The van der Waals surface area contributed by atoms with Crippen LogP contribution in [0, 0.1) is 6.92 Å². The van der Waals surface area contributed by atoms with Crippen LogP contribution < -0.4 is 5.32 Å². The molecule has 1 aromatic carbocycles. The Morgan fingerprint density at radius 3 is 2.79 bits per heavy atom. The average molecular weight is 205 g/mol. The van der Waals surface area contributed by atoms with Crippen LogP contribution in [-0.2, 0) is 0 Å². The maximum absolute atomic E-state index is 5.59. The molecule has 3 heteroatoms. The number of rotatable bonds is 1. The first kappa shape index (κ1) is 9.21. The summed E-state index contributed by atoms with van der Waals surface area (Å²) in [6.07, 6.45) is 0. The summed E-state index contributed by atoms with van der Waals surface area (Å²) in [5.41, 5.74) is 1.88. The lowest BCUT2D eigenvalue weighted by Gasteiger charge is -2.00. The molecular formula is C11H11NOS. The molecule has 0 aliphatic heterocycles. The Bertz CT molecular complexity index is 487. The Balaban J connectivity index is 2.74. The minimum Gasteiger partial charge on any atom is -0.461 e. The number of aryl methyl sites for hydroxylation is 1. The van der Waals surface area contributed by atoms with Crippen molar-refractivity contribution < 1.29 is 4.42 Å². The number of nitrogens with one attached hydrogen (secondary N) is 1. The maximum atomic E-state index is 5.59. The minimum absolute atomic E-state index is 0.729. The van der Waals surface area contributed by atoms with E-state index in [1.165, 1.54) is 0 Å². The number of fused-ring (bicyclic) bond motifs is 1. The van der Waals surface area contributed by atoms with E-state index < -0.39 is 0 Å². The fraction of sp³-hybridized carbons (Fsp3) is 0.182. The van der Waals surface area contributed by atoms with Crippen LogP contribution in [0.1, 0.15) is 11.3 Å². The standard InChI is InChI=1S/C11H11NOS/c1-7-10(11(14)12-2)8-5-3-4-6-9(8)13-7/h3-6H,1-2H3,(H,12,14). The molecule has 1 heterocycles. The topological polar surface area (TPSA) is 25.2 Å². The zero-order valence-electron chi connectivity index (χ0n) is 8.13. The van der Waals surface area contributed by atoms with Crippen LogP contribution in [0.15, 0.2) is 28.7 Å². The smallest absolute Gasteiger partial charge is 0.135 e. The van der Waals surface area contributed by atoms with Gasteiger partial charge in [0.05, 0.1) is 5.56 Å². The van der Waals surface area contributed by atoms with Crippen LogP contribution >= 0.6 is 12.2 Å². The van der Waals surface area contributed by atoms with E-state index >= 15 is 0 Å². The Labute approximate surface area is 87.9 Å². The van der Waals surface area contributed by atoms with Gasteiger partial charge in [0.1, 0.15) is 16.3 Å². The molecule has 0 spiro atoms. The van der Waals surface area contributed by atoms with E-state index in [1.54, 1.807) is 0 Å². The SMILES string of the molecule is CNC(=S)c1c(C)oc2ccccc12. The van der Waals surface area contributed by atoms with Gasteiger partial charge in [0.15, 0.2) is 0 Å². The highest BCUT2D eigenvalue weighted by molar-refractivity contribution is 7.80. The monoisotopic (exact) mass is 205 g/mol. The van der Waals surface area contributed by atoms with Crippen molar-refractivity contribution in [1.82, 2.24) is 5.32 Å². The van der Waals surface area contributed by atoms with E-state index in [2.05, 4.69) is 5.32 Å². The van der Waals surface area contributed by atoms with Crippen LogP contribution in [-0.4, -0.2) is 12.0 Å². The van der Waals surface area contributed by atoms with Gasteiger partial charge in [0.2, 0.25) is 0 Å². The fourth-order valence-electron chi connectivity index (χ4n) is 1.57. The maximum Gasteiger partial charge on any atom is 0.135 e. The summed E-state index contributed by atoms with van der Waals surface area (Å²) in [6.45, 7) is 1.93. The highest BCUT2D eigenvalue weighted by Gasteiger charge is 2.12. The van der Waals surface area contributed by atoms with Crippen molar-refractivity contribution in [2.75, 3.05) is 7.05 Å². The number of hydrogen-bond acceptors (Lipinski definition) is 2. The molecule has 0 atom stereocenters. The molecule has 0 saturated heterocycles. The van der Waals surface area contributed by atoms with E-state index in [1.807, 2.05) is 38.2 Å². The van der Waals surface area contributed by atoms with Gasteiger partial charge < -0.3 is 9.73 Å². The lowest BCUT2D eigenvalue weighted by atomic mass is 10.1. The predicted octanol–water partition coefficient (Wildman–Crippen LogP) is 2.64. The van der Waals surface area contributed by atoms with E-state index in [4.69, 9.17) is 16.6 Å². The van der Waals surface area contributed by atoms with Crippen LogP contribution in [0.4, 0.5) is 0 Å². The second-order valence-electron chi connectivity index (χ2n) is 3.11. The molecule has 2 aromatic rings.